The van der Waals surface area contributed by atoms with E-state index in [0.717, 1.165) is 5.56 Å². The van der Waals surface area contributed by atoms with E-state index in [4.69, 9.17) is 32.7 Å². The molecule has 1 unspecified atom stereocenters. The van der Waals surface area contributed by atoms with Crippen molar-refractivity contribution in [3.05, 3.63) is 63.6 Å². The summed E-state index contributed by atoms with van der Waals surface area (Å²) in [6.45, 7) is 9.10. The van der Waals surface area contributed by atoms with Crippen LogP contribution >= 0.6 is 35.0 Å². The minimum Gasteiger partial charge on any atom is -0.468 e. The summed E-state index contributed by atoms with van der Waals surface area (Å²) in [5.41, 5.74) is 0.718. The topological polar surface area (TPSA) is 117 Å². The Balaban J connectivity index is 1.71. The van der Waals surface area contributed by atoms with Crippen molar-refractivity contribution in [2.24, 2.45) is 0 Å². The van der Waals surface area contributed by atoms with Gasteiger partial charge in [-0.3, -0.25) is 19.8 Å². The lowest BCUT2D eigenvalue weighted by atomic mass is 10.0. The van der Waals surface area contributed by atoms with Gasteiger partial charge < -0.3 is 19.9 Å². The first-order chi connectivity index (χ1) is 18.6. The Hall–Kier alpha value is -2.50. The highest BCUT2D eigenvalue weighted by molar-refractivity contribution is 8.00. The third-order valence-electron chi connectivity index (χ3n) is 6.17. The lowest BCUT2D eigenvalue weighted by Crippen LogP contribution is -2.58. The number of hydrogen-bond donors (Lipinski definition) is 3. The van der Waals surface area contributed by atoms with E-state index in [1.165, 1.54) is 23.8 Å². The molecule has 0 aromatic heterocycles. The summed E-state index contributed by atoms with van der Waals surface area (Å²) in [5, 5.41) is 17.3. The summed E-state index contributed by atoms with van der Waals surface area (Å²) in [6, 6.07) is 10.1. The molecule has 1 aliphatic heterocycles. The first-order valence-corrected chi connectivity index (χ1v) is 14.4. The summed E-state index contributed by atoms with van der Waals surface area (Å²) in [7, 11) is 1.27. The van der Waals surface area contributed by atoms with Crippen LogP contribution in [0.15, 0.2) is 42.5 Å². The molecule has 0 radical (unpaired) electrons. The maximum atomic E-state index is 13.0. The number of nitrogens with one attached hydrogen (secondary N) is 2. The molecule has 1 fully saturated rings. The van der Waals surface area contributed by atoms with E-state index < -0.39 is 46.8 Å². The Morgan fingerprint density at radius 1 is 1.12 bits per heavy atom. The summed E-state index contributed by atoms with van der Waals surface area (Å²) >= 11 is 13.8. The van der Waals surface area contributed by atoms with Gasteiger partial charge in [0.2, 0.25) is 0 Å². The molecule has 40 heavy (non-hydrogen) atoms. The number of carbonyl (C=O) groups is 3. The van der Waals surface area contributed by atoms with Crippen molar-refractivity contribution in [3.8, 4) is 0 Å². The van der Waals surface area contributed by atoms with Crippen LogP contribution in [-0.2, 0) is 20.7 Å². The number of aliphatic hydroxyl groups excluding tert-OH is 1. The number of halogens is 2. The van der Waals surface area contributed by atoms with Gasteiger partial charge in [0.15, 0.2) is 0 Å². The summed E-state index contributed by atoms with van der Waals surface area (Å²) in [4.78, 5) is 39.2. The molecule has 12 heteroatoms. The van der Waals surface area contributed by atoms with E-state index in [2.05, 4.69) is 10.6 Å². The van der Waals surface area contributed by atoms with Gasteiger partial charge in [0.1, 0.15) is 17.9 Å². The van der Waals surface area contributed by atoms with Crippen molar-refractivity contribution in [1.29, 1.82) is 0 Å². The predicted molar refractivity (Wildman–Crippen MR) is 158 cm³/mol. The van der Waals surface area contributed by atoms with Crippen molar-refractivity contribution in [1.82, 2.24) is 10.2 Å². The van der Waals surface area contributed by atoms with Crippen LogP contribution in [0.1, 0.15) is 50.5 Å². The van der Waals surface area contributed by atoms with Crippen LogP contribution < -0.4 is 10.6 Å². The smallest absolute Gasteiger partial charge is 0.411 e. The number of methoxy groups -OCH3 is 1. The summed E-state index contributed by atoms with van der Waals surface area (Å²) in [6.07, 6.45) is -1.59. The number of anilines is 1. The first kappa shape index (κ1) is 32.0. The van der Waals surface area contributed by atoms with Crippen LogP contribution in [0.4, 0.5) is 10.5 Å². The van der Waals surface area contributed by atoms with Gasteiger partial charge in [-0.1, -0.05) is 41.4 Å². The number of carbonyl (C=O) groups excluding carboxylic acids is 3. The van der Waals surface area contributed by atoms with Crippen LogP contribution in [0.3, 0.4) is 0 Å². The molecule has 2 amide bonds. The third-order valence-corrected chi connectivity index (χ3v) is 8.21. The molecule has 3 rings (SSSR count). The molecule has 0 bridgehead atoms. The maximum absolute atomic E-state index is 13.0. The number of nitrogens with zero attached hydrogens (tertiary/aromatic N) is 1. The lowest BCUT2D eigenvalue weighted by molar-refractivity contribution is -0.144. The molecule has 2 aromatic rings. The van der Waals surface area contributed by atoms with E-state index in [1.54, 1.807) is 63.2 Å². The van der Waals surface area contributed by atoms with E-state index in [0.29, 0.717) is 11.4 Å². The number of rotatable bonds is 8. The van der Waals surface area contributed by atoms with Gasteiger partial charge in [0.05, 0.1) is 33.6 Å². The minimum absolute atomic E-state index is 0.174. The molecule has 0 saturated carbocycles. The van der Waals surface area contributed by atoms with Gasteiger partial charge in [-0.25, -0.2) is 4.79 Å². The average molecular weight is 613 g/mol. The Kier molecular flexibility index (Phi) is 10.4. The Labute approximate surface area is 248 Å². The van der Waals surface area contributed by atoms with Crippen LogP contribution in [0.5, 0.6) is 0 Å². The SMILES string of the molecule is COC(=O)[C@H](Cc1ccc(NC(=O)c2c(Cl)cccc2Cl)cc1)NC(O)[C@H]1CSC(C)(C)N1C(=O)OC(C)(C)C. The standard InChI is InChI=1S/C28H35Cl2N3O6S/c1-27(2,3)39-26(37)33-21(15-40-28(33,4)5)23(34)32-20(25(36)38-6)14-16-10-12-17(13-11-16)31-24(35)22-18(29)8-7-9-19(22)30/h7-13,20-21,23,32,34H,14-15H2,1-6H3,(H,31,35)/t20-,21+,23?/m0/s1. The Bertz CT molecular complexity index is 1220. The molecule has 3 atom stereocenters. The van der Waals surface area contributed by atoms with Crippen molar-refractivity contribution in [3.63, 3.8) is 0 Å². The fourth-order valence-corrected chi connectivity index (χ4v) is 6.10. The third kappa shape index (κ3) is 8.04. The monoisotopic (exact) mass is 611 g/mol. The number of amides is 2. The molecule has 1 aliphatic rings. The summed E-state index contributed by atoms with van der Waals surface area (Å²) in [5.74, 6) is -0.580. The van der Waals surface area contributed by atoms with E-state index in [-0.39, 0.29) is 22.0 Å². The van der Waals surface area contributed by atoms with Gasteiger partial charge in [0, 0.05) is 11.4 Å². The lowest BCUT2D eigenvalue weighted by Gasteiger charge is -2.38. The number of benzene rings is 2. The minimum atomic E-state index is -1.23. The zero-order chi connectivity index (χ0) is 29.8. The fraction of sp³-hybridized carbons (Fsp3) is 0.464. The van der Waals surface area contributed by atoms with Crippen molar-refractivity contribution >= 4 is 58.6 Å². The highest BCUT2D eigenvalue weighted by atomic mass is 35.5. The van der Waals surface area contributed by atoms with Gasteiger partial charge >= 0.3 is 12.1 Å². The second-order valence-electron chi connectivity index (χ2n) is 10.8. The van der Waals surface area contributed by atoms with Gasteiger partial charge in [-0.2, -0.15) is 0 Å². The molecule has 9 nitrogen and oxygen atoms in total. The summed E-state index contributed by atoms with van der Waals surface area (Å²) < 4.78 is 10.6. The number of ether oxygens (including phenoxy) is 2. The molecule has 2 aromatic carbocycles. The molecular weight excluding hydrogens is 577 g/mol. The van der Waals surface area contributed by atoms with Crippen LogP contribution in [0.25, 0.3) is 0 Å². The van der Waals surface area contributed by atoms with E-state index >= 15 is 0 Å². The van der Waals surface area contributed by atoms with Crippen LogP contribution in [0.2, 0.25) is 10.0 Å². The molecule has 1 heterocycles. The van der Waals surface area contributed by atoms with E-state index in [9.17, 15) is 19.5 Å². The Morgan fingerprint density at radius 3 is 2.27 bits per heavy atom. The van der Waals surface area contributed by atoms with Crippen LogP contribution in [-0.4, -0.2) is 69.6 Å². The van der Waals surface area contributed by atoms with Crippen molar-refractivity contribution in [2.75, 3.05) is 18.2 Å². The second-order valence-corrected chi connectivity index (χ2v) is 13.3. The van der Waals surface area contributed by atoms with E-state index in [1.807, 2.05) is 13.8 Å². The zero-order valence-electron chi connectivity index (χ0n) is 23.3. The molecule has 3 N–H and O–H groups in total. The maximum Gasteiger partial charge on any atom is 0.411 e. The fourth-order valence-electron chi connectivity index (χ4n) is 4.27. The average Bonchev–Trinajstić information content (AvgIpc) is 3.18. The van der Waals surface area contributed by atoms with Crippen LogP contribution in [0, 0.1) is 0 Å². The number of aliphatic hydroxyl groups is 1. The van der Waals surface area contributed by atoms with Gasteiger partial charge in [-0.15, -0.1) is 11.8 Å². The zero-order valence-corrected chi connectivity index (χ0v) is 25.6. The number of esters is 1. The van der Waals surface area contributed by atoms with Gasteiger partial charge in [-0.05, 0) is 70.9 Å². The van der Waals surface area contributed by atoms with Crippen molar-refractivity contribution in [2.45, 2.75) is 69.8 Å². The Morgan fingerprint density at radius 2 is 1.73 bits per heavy atom. The molecule has 0 aliphatic carbocycles. The largest absolute Gasteiger partial charge is 0.468 e. The number of hydrogen-bond acceptors (Lipinski definition) is 8. The predicted octanol–water partition coefficient (Wildman–Crippen LogP) is 5.33. The van der Waals surface area contributed by atoms with Crippen molar-refractivity contribution < 1.29 is 29.0 Å². The quantitative estimate of drug-likeness (QED) is 0.271. The second kappa shape index (κ2) is 13.0. The normalized spacial score (nSPS) is 18.1. The molecule has 218 valence electrons. The molecule has 0 spiro atoms. The molecule has 1 saturated heterocycles. The first-order valence-electron chi connectivity index (χ1n) is 12.7. The molecular formula is C28H35Cl2N3O6S. The van der Waals surface area contributed by atoms with Gasteiger partial charge in [0.25, 0.3) is 5.91 Å². The highest BCUT2D eigenvalue weighted by Crippen LogP contribution is 2.40. The highest BCUT2D eigenvalue weighted by Gasteiger charge is 2.48. The number of thioether (sulfide) groups is 1.